The van der Waals surface area contributed by atoms with E-state index in [1.165, 1.54) is 11.9 Å². The average molecular weight is 709 g/mol. The summed E-state index contributed by atoms with van der Waals surface area (Å²) in [5.74, 6) is -1.60. The molecule has 2 heterocycles. The fourth-order valence-electron chi connectivity index (χ4n) is 6.51. The van der Waals surface area contributed by atoms with E-state index in [2.05, 4.69) is 33.1 Å². The fraction of sp³-hybridized carbons (Fsp3) is 0.316. The Labute approximate surface area is 300 Å². The molecule has 1 aliphatic heterocycles. The first kappa shape index (κ1) is 35.3. The molecule has 0 radical (unpaired) electrons. The van der Waals surface area contributed by atoms with Gasteiger partial charge in [-0.05, 0) is 41.5 Å². The van der Waals surface area contributed by atoms with Crippen LogP contribution in [0.15, 0.2) is 78.9 Å². The van der Waals surface area contributed by atoms with Crippen LogP contribution in [-0.4, -0.2) is 83.8 Å². The summed E-state index contributed by atoms with van der Waals surface area (Å²) in [5.41, 5.74) is 5.69. The van der Waals surface area contributed by atoms with Crippen molar-refractivity contribution >= 4 is 51.2 Å². The number of aromatic nitrogens is 1. The molecule has 264 valence electrons. The van der Waals surface area contributed by atoms with Crippen molar-refractivity contribution in [3.63, 3.8) is 0 Å². The number of nitrogens with one attached hydrogen (secondary N) is 3. The molecule has 5 amide bonds. The van der Waals surface area contributed by atoms with E-state index in [-0.39, 0.29) is 37.4 Å². The second-order valence-electron chi connectivity index (χ2n) is 12.5. The molecule has 12 nitrogen and oxygen atoms in total. The van der Waals surface area contributed by atoms with Crippen molar-refractivity contribution in [2.24, 2.45) is 0 Å². The van der Waals surface area contributed by atoms with E-state index in [1.807, 2.05) is 73.7 Å². The highest BCUT2D eigenvalue weighted by molar-refractivity contribution is 7.20. The molecule has 0 spiro atoms. The van der Waals surface area contributed by atoms with E-state index in [0.717, 1.165) is 44.1 Å². The van der Waals surface area contributed by atoms with E-state index >= 15 is 0 Å². The number of thiazole rings is 1. The van der Waals surface area contributed by atoms with Gasteiger partial charge in [0.2, 0.25) is 23.6 Å². The number of hydrogen-bond acceptors (Lipinski definition) is 8. The zero-order valence-electron chi connectivity index (χ0n) is 28.5. The lowest BCUT2D eigenvalue weighted by atomic mass is 9.98. The fourth-order valence-corrected chi connectivity index (χ4v) is 7.41. The zero-order valence-corrected chi connectivity index (χ0v) is 29.3. The molecule has 51 heavy (non-hydrogen) atoms. The van der Waals surface area contributed by atoms with E-state index in [0.29, 0.717) is 48.1 Å². The lowest BCUT2D eigenvalue weighted by Crippen LogP contribution is -2.48. The smallest absolute Gasteiger partial charge is 0.409 e. The zero-order chi connectivity index (χ0) is 35.9. The van der Waals surface area contributed by atoms with Gasteiger partial charge in [-0.1, -0.05) is 97.1 Å². The van der Waals surface area contributed by atoms with Gasteiger partial charge >= 0.3 is 6.09 Å². The molecule has 1 aromatic heterocycles. The minimum Gasteiger partial charge on any atom is -0.448 e. The predicted molar refractivity (Wildman–Crippen MR) is 195 cm³/mol. The summed E-state index contributed by atoms with van der Waals surface area (Å²) in [6.45, 7) is 1.76. The maximum atomic E-state index is 13.5. The van der Waals surface area contributed by atoms with Gasteiger partial charge in [-0.15, -0.1) is 0 Å². The van der Waals surface area contributed by atoms with Gasteiger partial charge in [-0.2, -0.15) is 0 Å². The molecule has 0 unspecified atom stereocenters. The molecular formula is C38H40N6O6S. The molecule has 1 atom stereocenters. The number of likely N-dealkylation sites (N-methyl/N-ethyl adjacent to an activating group) is 1. The second kappa shape index (κ2) is 16.0. The molecule has 1 fully saturated rings. The largest absolute Gasteiger partial charge is 0.448 e. The summed E-state index contributed by atoms with van der Waals surface area (Å²) >= 11 is 1.15. The number of amides is 5. The average Bonchev–Trinajstić information content (AvgIpc) is 3.86. The van der Waals surface area contributed by atoms with Crippen LogP contribution in [0.1, 0.15) is 49.7 Å². The second-order valence-corrected chi connectivity index (χ2v) is 13.5. The van der Waals surface area contributed by atoms with Crippen molar-refractivity contribution in [2.75, 3.05) is 43.9 Å². The minimum absolute atomic E-state index is 0.110. The van der Waals surface area contributed by atoms with E-state index in [9.17, 15) is 24.0 Å². The van der Waals surface area contributed by atoms with Crippen LogP contribution in [0.3, 0.4) is 0 Å². The number of hydrogen-bond donors (Lipinski definition) is 3. The van der Waals surface area contributed by atoms with Gasteiger partial charge in [-0.25, -0.2) is 9.78 Å². The SMILES string of the molecule is CCCC(=O)Nc1nc(-c2ccccc2)c(NC(=O)[C@@H]2CCCN2C(=O)CNC(=O)CN(C)C(=O)OCC2c3ccccc3-c3ccccc32)s1. The summed E-state index contributed by atoms with van der Waals surface area (Å²) < 4.78 is 5.63. The van der Waals surface area contributed by atoms with E-state index in [1.54, 1.807) is 0 Å². The summed E-state index contributed by atoms with van der Waals surface area (Å²) in [5, 5.41) is 9.14. The number of benzene rings is 3. The third-order valence-corrected chi connectivity index (χ3v) is 9.86. The van der Waals surface area contributed by atoms with Crippen LogP contribution in [0.4, 0.5) is 14.9 Å². The molecule has 3 N–H and O–H groups in total. The van der Waals surface area contributed by atoms with Gasteiger partial charge < -0.3 is 30.5 Å². The van der Waals surface area contributed by atoms with Gasteiger partial charge in [0.25, 0.3) is 0 Å². The maximum absolute atomic E-state index is 13.5. The molecule has 2 aliphatic rings. The molecule has 3 aromatic carbocycles. The standard InChI is InChI=1S/C38H40N6O6S/c1-3-12-31(45)40-37-41-34(24-13-5-4-6-14-24)36(51-37)42-35(48)30-19-11-20-44(30)33(47)21-39-32(46)22-43(2)38(49)50-23-29-27-17-9-7-15-25(27)26-16-8-10-18-28(26)29/h4-10,13-18,29-30H,3,11-12,19-23H2,1-2H3,(H,39,46)(H,42,48)(H,40,41,45)/t30-/m0/s1. The van der Waals surface area contributed by atoms with Crippen LogP contribution in [-0.2, 0) is 23.9 Å². The van der Waals surface area contributed by atoms with E-state index < -0.39 is 23.9 Å². The minimum atomic E-state index is -0.748. The quantitative estimate of drug-likeness (QED) is 0.177. The summed E-state index contributed by atoms with van der Waals surface area (Å²) in [6.07, 6.45) is 1.46. The topological polar surface area (TPSA) is 150 Å². The van der Waals surface area contributed by atoms with Crippen LogP contribution < -0.4 is 16.0 Å². The predicted octanol–water partition coefficient (Wildman–Crippen LogP) is 5.48. The van der Waals surface area contributed by atoms with Crippen molar-refractivity contribution in [1.82, 2.24) is 20.1 Å². The normalized spacial score (nSPS) is 14.7. The van der Waals surface area contributed by atoms with Crippen LogP contribution >= 0.6 is 11.3 Å². The monoisotopic (exact) mass is 708 g/mol. The molecule has 1 aliphatic carbocycles. The third-order valence-electron chi connectivity index (χ3n) is 8.98. The summed E-state index contributed by atoms with van der Waals surface area (Å²) in [6, 6.07) is 24.6. The van der Waals surface area contributed by atoms with Crippen molar-refractivity contribution < 1.29 is 28.7 Å². The van der Waals surface area contributed by atoms with Gasteiger partial charge in [0.05, 0.1) is 6.54 Å². The first-order valence-electron chi connectivity index (χ1n) is 17.0. The molecular weight excluding hydrogens is 669 g/mol. The van der Waals surface area contributed by atoms with Crippen LogP contribution in [0.25, 0.3) is 22.4 Å². The van der Waals surface area contributed by atoms with Crippen LogP contribution in [0.5, 0.6) is 0 Å². The number of likely N-dealkylation sites (tertiary alicyclic amines) is 1. The highest BCUT2D eigenvalue weighted by atomic mass is 32.1. The Morgan fingerprint density at radius 3 is 2.25 bits per heavy atom. The number of ether oxygens (including phenoxy) is 1. The van der Waals surface area contributed by atoms with Crippen molar-refractivity contribution in [3.8, 4) is 22.4 Å². The third kappa shape index (κ3) is 8.09. The van der Waals surface area contributed by atoms with Crippen LogP contribution in [0, 0.1) is 0 Å². The maximum Gasteiger partial charge on any atom is 0.409 e. The lowest BCUT2D eigenvalue weighted by molar-refractivity contribution is -0.137. The summed E-state index contributed by atoms with van der Waals surface area (Å²) in [4.78, 5) is 71.8. The van der Waals surface area contributed by atoms with Crippen molar-refractivity contribution in [3.05, 3.63) is 90.0 Å². The first-order chi connectivity index (χ1) is 24.7. The molecule has 6 rings (SSSR count). The Morgan fingerprint density at radius 1 is 0.902 bits per heavy atom. The van der Waals surface area contributed by atoms with Gasteiger partial charge in [0.15, 0.2) is 5.13 Å². The van der Waals surface area contributed by atoms with Crippen molar-refractivity contribution in [2.45, 2.75) is 44.6 Å². The Bertz CT molecular complexity index is 1890. The number of fused-ring (bicyclic) bond motifs is 3. The number of rotatable bonds is 12. The Morgan fingerprint density at radius 2 is 1.57 bits per heavy atom. The summed E-state index contributed by atoms with van der Waals surface area (Å²) in [7, 11) is 1.46. The Balaban J connectivity index is 1.01. The lowest BCUT2D eigenvalue weighted by Gasteiger charge is -2.24. The molecule has 13 heteroatoms. The number of anilines is 2. The van der Waals surface area contributed by atoms with E-state index in [4.69, 9.17) is 4.74 Å². The van der Waals surface area contributed by atoms with Gasteiger partial charge in [0, 0.05) is 31.5 Å². The van der Waals surface area contributed by atoms with Gasteiger partial charge in [-0.3, -0.25) is 19.2 Å². The Hall–Kier alpha value is -5.56. The number of carbonyl (C=O) groups is 5. The van der Waals surface area contributed by atoms with Gasteiger partial charge in [0.1, 0.15) is 29.9 Å². The van der Waals surface area contributed by atoms with Crippen molar-refractivity contribution in [1.29, 1.82) is 0 Å². The molecule has 0 bridgehead atoms. The van der Waals surface area contributed by atoms with Crippen LogP contribution in [0.2, 0.25) is 0 Å². The molecule has 1 saturated heterocycles. The molecule has 4 aromatic rings. The highest BCUT2D eigenvalue weighted by Crippen LogP contribution is 2.44. The highest BCUT2D eigenvalue weighted by Gasteiger charge is 2.35. The Kier molecular flexibility index (Phi) is 11.1. The number of carbonyl (C=O) groups excluding carboxylic acids is 5. The number of nitrogens with zero attached hydrogens (tertiary/aromatic N) is 3. The molecule has 0 saturated carbocycles. The first-order valence-corrected chi connectivity index (χ1v) is 17.8.